The Morgan fingerprint density at radius 3 is 2.67 bits per heavy atom. The van der Waals surface area contributed by atoms with Gasteiger partial charge in [-0.1, -0.05) is 13.5 Å². The molecule has 2 saturated heterocycles. The van der Waals surface area contributed by atoms with Crippen molar-refractivity contribution in [2.24, 2.45) is 0 Å². The Morgan fingerprint density at radius 1 is 1.21 bits per heavy atom. The number of piperazine rings is 1. The van der Waals surface area contributed by atoms with Crippen molar-refractivity contribution in [3.63, 3.8) is 0 Å². The summed E-state index contributed by atoms with van der Waals surface area (Å²) in [5, 5.41) is 7.82. The van der Waals surface area contributed by atoms with E-state index in [1.165, 1.54) is 11.6 Å². The normalized spacial score (nSPS) is 19.9. The van der Waals surface area contributed by atoms with Crippen LogP contribution in [0.25, 0.3) is 0 Å². The van der Waals surface area contributed by atoms with Crippen molar-refractivity contribution in [1.82, 2.24) is 24.7 Å². The van der Waals surface area contributed by atoms with E-state index in [1.54, 1.807) is 11.3 Å². The fraction of sp³-hybridized carbons (Fsp3) is 0.542. The number of rotatable bonds is 8. The lowest BCUT2D eigenvalue weighted by Crippen LogP contribution is -2.45. The van der Waals surface area contributed by atoms with Crippen LogP contribution in [0, 0.1) is 6.92 Å². The molecule has 2 aliphatic rings. The molecule has 0 radical (unpaired) electrons. The predicted octanol–water partition coefficient (Wildman–Crippen LogP) is 3.32. The van der Waals surface area contributed by atoms with Crippen LogP contribution in [-0.2, 0) is 11.3 Å². The number of nitrogens with zero attached hydrogens (tertiary/aromatic N) is 5. The number of carbonyl (C=O) groups is 1. The quantitative estimate of drug-likeness (QED) is 0.575. The molecule has 2 N–H and O–H groups in total. The Morgan fingerprint density at radius 2 is 1.97 bits per heavy atom. The maximum atomic E-state index is 12.1. The number of amides is 1. The van der Waals surface area contributed by atoms with Gasteiger partial charge in [-0.25, -0.2) is 9.97 Å². The molecular formula is C24H35N7OS. The van der Waals surface area contributed by atoms with Crippen LogP contribution >= 0.6 is 11.3 Å². The van der Waals surface area contributed by atoms with Crippen LogP contribution in [0.4, 0.5) is 16.8 Å². The highest BCUT2D eigenvalue weighted by Gasteiger charge is 2.23. The zero-order chi connectivity index (χ0) is 23.2. The smallest absolute Gasteiger partial charge is 0.246 e. The molecule has 8 nitrogen and oxygen atoms in total. The van der Waals surface area contributed by atoms with Crippen LogP contribution in [0.5, 0.6) is 0 Å². The van der Waals surface area contributed by atoms with Gasteiger partial charge in [-0.05, 0) is 50.1 Å². The van der Waals surface area contributed by atoms with E-state index >= 15 is 0 Å². The number of carbonyl (C=O) groups excluding carboxylic acids is 1. The first-order valence-electron chi connectivity index (χ1n) is 11.9. The molecule has 0 aromatic carbocycles. The summed E-state index contributed by atoms with van der Waals surface area (Å²) in [5.74, 6) is 1.63. The summed E-state index contributed by atoms with van der Waals surface area (Å²) in [6, 6.07) is 4.45. The predicted molar refractivity (Wildman–Crippen MR) is 135 cm³/mol. The van der Waals surface area contributed by atoms with Crippen molar-refractivity contribution < 1.29 is 4.79 Å². The van der Waals surface area contributed by atoms with Gasteiger partial charge in [0.1, 0.15) is 11.6 Å². The van der Waals surface area contributed by atoms with Crippen LogP contribution in [0.2, 0.25) is 0 Å². The van der Waals surface area contributed by atoms with Gasteiger partial charge in [-0.15, -0.1) is 11.3 Å². The highest BCUT2D eigenvalue weighted by Crippen LogP contribution is 2.25. The minimum atomic E-state index is -0.00377. The number of nitrogens with one attached hydrogen (secondary N) is 2. The van der Waals surface area contributed by atoms with E-state index < -0.39 is 0 Å². The molecule has 4 rings (SSSR count). The topological polar surface area (TPSA) is 76.6 Å². The van der Waals surface area contributed by atoms with E-state index in [2.05, 4.69) is 58.0 Å². The number of pyridine rings is 1. The highest BCUT2D eigenvalue weighted by molar-refractivity contribution is 7.15. The zero-order valence-electron chi connectivity index (χ0n) is 19.7. The monoisotopic (exact) mass is 469 g/mol. The molecule has 9 heteroatoms. The van der Waals surface area contributed by atoms with Gasteiger partial charge < -0.3 is 20.4 Å². The minimum Gasteiger partial charge on any atom is -0.365 e. The zero-order valence-corrected chi connectivity index (χ0v) is 20.5. The first-order valence-corrected chi connectivity index (χ1v) is 12.7. The molecule has 2 aliphatic heterocycles. The maximum Gasteiger partial charge on any atom is 0.246 e. The molecule has 0 aliphatic carbocycles. The number of anilines is 3. The van der Waals surface area contributed by atoms with Crippen molar-refractivity contribution in [2.45, 2.75) is 39.3 Å². The molecule has 0 unspecified atom stereocenters. The Kier molecular flexibility index (Phi) is 7.95. The second kappa shape index (κ2) is 11.1. The Bertz CT molecular complexity index is 954. The lowest BCUT2D eigenvalue weighted by Gasteiger charge is -2.34. The number of hydrogen-bond donors (Lipinski definition) is 2. The van der Waals surface area contributed by atoms with Crippen molar-refractivity contribution in [3.8, 4) is 0 Å². The summed E-state index contributed by atoms with van der Waals surface area (Å²) < 4.78 is 0. The van der Waals surface area contributed by atoms with Gasteiger partial charge in [-0.2, -0.15) is 0 Å². The summed E-state index contributed by atoms with van der Waals surface area (Å²) in [6.07, 6.45) is 5.26. The number of likely N-dealkylation sites (tertiary alicyclic amines) is 1. The molecule has 1 amide bonds. The second-order valence-electron chi connectivity index (χ2n) is 8.83. The number of piperidine rings is 1. The molecule has 4 heterocycles. The lowest BCUT2D eigenvalue weighted by molar-refractivity contribution is -0.127. The van der Waals surface area contributed by atoms with Crippen LogP contribution in [-0.4, -0.2) is 82.4 Å². The van der Waals surface area contributed by atoms with Crippen molar-refractivity contribution in [2.75, 3.05) is 56.4 Å². The Hall–Kier alpha value is -2.49. The third-order valence-corrected chi connectivity index (χ3v) is 7.15. The lowest BCUT2D eigenvalue weighted by atomic mass is 10.1. The molecular weight excluding hydrogens is 434 g/mol. The van der Waals surface area contributed by atoms with Crippen LogP contribution in [0.1, 0.15) is 30.2 Å². The molecule has 2 aromatic heterocycles. The number of hydrogen-bond acceptors (Lipinski definition) is 8. The van der Waals surface area contributed by atoms with Crippen LogP contribution in [0.15, 0.2) is 31.0 Å². The molecule has 33 heavy (non-hydrogen) atoms. The van der Waals surface area contributed by atoms with Gasteiger partial charge in [0.2, 0.25) is 5.91 Å². The van der Waals surface area contributed by atoms with Gasteiger partial charge >= 0.3 is 0 Å². The average molecular weight is 470 g/mol. The average Bonchev–Trinajstić information content (AvgIpc) is 3.23. The molecule has 2 fully saturated rings. The molecule has 0 spiro atoms. The Balaban J connectivity index is 1.49. The summed E-state index contributed by atoms with van der Waals surface area (Å²) in [4.78, 5) is 29.4. The van der Waals surface area contributed by atoms with Gasteiger partial charge in [0.25, 0.3) is 0 Å². The van der Waals surface area contributed by atoms with Crippen molar-refractivity contribution in [1.29, 1.82) is 0 Å². The van der Waals surface area contributed by atoms with E-state index in [-0.39, 0.29) is 11.9 Å². The molecule has 178 valence electrons. The fourth-order valence-corrected chi connectivity index (χ4v) is 5.17. The van der Waals surface area contributed by atoms with E-state index in [9.17, 15) is 4.79 Å². The van der Waals surface area contributed by atoms with Gasteiger partial charge in [0, 0.05) is 62.9 Å². The van der Waals surface area contributed by atoms with E-state index in [4.69, 9.17) is 4.98 Å². The SMILES string of the molecule is C=CC(=O)N1CCC[C@H](Nc2cc(CN3CCN(CC)CC3)cc(Nc3ncc(C)s3)n2)C1. The van der Waals surface area contributed by atoms with Crippen LogP contribution < -0.4 is 10.6 Å². The maximum absolute atomic E-state index is 12.1. The summed E-state index contributed by atoms with van der Waals surface area (Å²) in [6.45, 7) is 15.8. The number of aryl methyl sites for hydroxylation is 1. The van der Waals surface area contributed by atoms with E-state index in [0.29, 0.717) is 6.54 Å². The fourth-order valence-electron chi connectivity index (χ4n) is 4.49. The van der Waals surface area contributed by atoms with Crippen molar-refractivity contribution in [3.05, 3.63) is 41.4 Å². The number of likely N-dealkylation sites (N-methyl/N-ethyl adjacent to an activating group) is 1. The minimum absolute atomic E-state index is 0.00377. The van der Waals surface area contributed by atoms with Gasteiger partial charge in [0.05, 0.1) is 0 Å². The van der Waals surface area contributed by atoms with Gasteiger partial charge in [0.15, 0.2) is 5.13 Å². The standard InChI is InChI=1S/C24H35N7OS/c1-4-23(32)31-8-6-7-20(17-31)26-21-13-19(16-30-11-9-29(5-2)10-12-30)14-22(27-21)28-24-25-15-18(3)33-24/h4,13-15,20H,1,5-12,16-17H2,2-3H3,(H2,25,26,27,28)/t20-/m0/s1. The summed E-state index contributed by atoms with van der Waals surface area (Å²) >= 11 is 1.62. The first-order chi connectivity index (χ1) is 16.0. The number of thiazole rings is 1. The van der Waals surface area contributed by atoms with E-state index in [0.717, 1.165) is 80.3 Å². The summed E-state index contributed by atoms with van der Waals surface area (Å²) in [7, 11) is 0. The third-order valence-electron chi connectivity index (χ3n) is 6.32. The second-order valence-corrected chi connectivity index (χ2v) is 10.1. The number of aromatic nitrogens is 2. The summed E-state index contributed by atoms with van der Waals surface area (Å²) in [5.41, 5.74) is 1.23. The van der Waals surface area contributed by atoms with Gasteiger partial charge in [-0.3, -0.25) is 9.69 Å². The Labute approximate surface area is 200 Å². The first kappa shape index (κ1) is 23.7. The van der Waals surface area contributed by atoms with E-state index in [1.807, 2.05) is 11.1 Å². The van der Waals surface area contributed by atoms with Crippen molar-refractivity contribution >= 4 is 34.0 Å². The molecule has 0 saturated carbocycles. The molecule has 0 bridgehead atoms. The molecule has 1 atom stereocenters. The largest absolute Gasteiger partial charge is 0.365 e. The third kappa shape index (κ3) is 6.52. The molecule has 2 aromatic rings. The highest BCUT2D eigenvalue weighted by atomic mass is 32.1. The van der Waals surface area contributed by atoms with Crippen LogP contribution in [0.3, 0.4) is 0 Å².